The summed E-state index contributed by atoms with van der Waals surface area (Å²) in [7, 11) is 1.31. The molecule has 2 aromatic carbocycles. The zero-order valence-corrected chi connectivity index (χ0v) is 16.1. The van der Waals surface area contributed by atoms with E-state index in [-0.39, 0.29) is 5.69 Å². The maximum atomic E-state index is 13.3. The van der Waals surface area contributed by atoms with Crippen molar-refractivity contribution < 1.29 is 14.3 Å². The van der Waals surface area contributed by atoms with E-state index in [1.165, 1.54) is 12.0 Å². The third kappa shape index (κ3) is 3.93. The first-order chi connectivity index (χ1) is 13.5. The molecule has 1 atom stereocenters. The van der Waals surface area contributed by atoms with Crippen LogP contribution >= 0.6 is 0 Å². The van der Waals surface area contributed by atoms with Gasteiger partial charge in [0.25, 0.3) is 5.91 Å². The lowest BCUT2D eigenvalue weighted by atomic mass is 10.1. The lowest BCUT2D eigenvalue weighted by Crippen LogP contribution is -2.45. The Morgan fingerprint density at radius 2 is 1.89 bits per heavy atom. The van der Waals surface area contributed by atoms with Crippen molar-refractivity contribution in [2.75, 3.05) is 12.0 Å². The van der Waals surface area contributed by atoms with Gasteiger partial charge in [0.05, 0.1) is 19.0 Å². The number of benzene rings is 2. The van der Waals surface area contributed by atoms with Gasteiger partial charge in [-0.15, -0.1) is 5.10 Å². The molecule has 0 fully saturated rings. The molecule has 0 radical (unpaired) electrons. The van der Waals surface area contributed by atoms with Gasteiger partial charge in [-0.3, -0.25) is 9.69 Å². The maximum absolute atomic E-state index is 13.3. The molecule has 0 N–H and O–H groups in total. The molecule has 0 aliphatic rings. The number of amides is 1. The van der Waals surface area contributed by atoms with E-state index in [0.29, 0.717) is 12.1 Å². The Kier molecular flexibility index (Phi) is 5.84. The number of rotatable bonds is 6. The van der Waals surface area contributed by atoms with Crippen molar-refractivity contribution in [3.8, 4) is 5.69 Å². The van der Waals surface area contributed by atoms with E-state index in [9.17, 15) is 9.59 Å². The van der Waals surface area contributed by atoms with Crippen molar-refractivity contribution in [1.82, 2.24) is 15.0 Å². The van der Waals surface area contributed by atoms with E-state index in [0.717, 1.165) is 11.3 Å². The van der Waals surface area contributed by atoms with Gasteiger partial charge in [0.1, 0.15) is 6.04 Å². The number of esters is 1. The molecule has 7 nitrogen and oxygen atoms in total. The van der Waals surface area contributed by atoms with Gasteiger partial charge < -0.3 is 4.74 Å². The standard InChI is InChI=1S/C21H22N4O3/c1-4-19(21(27)28-3)25(16-10-6-5-7-11-16)20(26)18-14-24(23-22-18)17-12-8-9-15(2)13-17/h5-14,19H,4H2,1-3H3. The summed E-state index contributed by atoms with van der Waals surface area (Å²) >= 11 is 0. The third-order valence-corrected chi connectivity index (χ3v) is 4.40. The zero-order valence-electron chi connectivity index (χ0n) is 16.1. The molecule has 1 heterocycles. The van der Waals surface area contributed by atoms with Crippen molar-refractivity contribution in [3.63, 3.8) is 0 Å². The number of para-hydroxylation sites is 1. The van der Waals surface area contributed by atoms with Crippen LogP contribution in [-0.2, 0) is 9.53 Å². The molecular formula is C21H22N4O3. The monoisotopic (exact) mass is 378 g/mol. The van der Waals surface area contributed by atoms with Gasteiger partial charge in [-0.2, -0.15) is 0 Å². The molecule has 0 saturated heterocycles. The number of carbonyl (C=O) groups excluding carboxylic acids is 2. The van der Waals surface area contributed by atoms with Crippen LogP contribution in [0.5, 0.6) is 0 Å². The molecule has 28 heavy (non-hydrogen) atoms. The first kappa shape index (κ1) is 19.3. The molecule has 0 aliphatic heterocycles. The second-order valence-electron chi connectivity index (χ2n) is 6.35. The van der Waals surface area contributed by atoms with Crippen LogP contribution in [0.15, 0.2) is 60.8 Å². The second kappa shape index (κ2) is 8.47. The molecule has 0 saturated carbocycles. The van der Waals surface area contributed by atoms with Crippen LogP contribution in [0.3, 0.4) is 0 Å². The average molecular weight is 378 g/mol. The van der Waals surface area contributed by atoms with E-state index < -0.39 is 17.9 Å². The number of hydrogen-bond acceptors (Lipinski definition) is 5. The Labute approximate surface area is 163 Å². The van der Waals surface area contributed by atoms with Gasteiger partial charge in [-0.25, -0.2) is 9.48 Å². The summed E-state index contributed by atoms with van der Waals surface area (Å²) in [6, 6.07) is 16.0. The number of aromatic nitrogens is 3. The number of aryl methyl sites for hydroxylation is 1. The third-order valence-electron chi connectivity index (χ3n) is 4.40. The van der Waals surface area contributed by atoms with Crippen LogP contribution in [0.4, 0.5) is 5.69 Å². The highest BCUT2D eigenvalue weighted by molar-refractivity contribution is 6.08. The van der Waals surface area contributed by atoms with Gasteiger partial charge in [0.2, 0.25) is 0 Å². The van der Waals surface area contributed by atoms with E-state index >= 15 is 0 Å². The fourth-order valence-corrected chi connectivity index (χ4v) is 3.00. The minimum atomic E-state index is -0.760. The summed E-state index contributed by atoms with van der Waals surface area (Å²) in [4.78, 5) is 27.0. The molecule has 3 rings (SSSR count). The summed E-state index contributed by atoms with van der Waals surface area (Å²) in [5, 5.41) is 8.12. The predicted octanol–water partition coefficient (Wildman–Crippen LogP) is 3.17. The summed E-state index contributed by atoms with van der Waals surface area (Å²) < 4.78 is 6.45. The van der Waals surface area contributed by atoms with Gasteiger partial charge in [-0.05, 0) is 43.2 Å². The number of methoxy groups -OCH3 is 1. The smallest absolute Gasteiger partial charge is 0.328 e. The molecule has 0 aliphatic carbocycles. The van der Waals surface area contributed by atoms with E-state index in [2.05, 4.69) is 10.3 Å². The molecule has 144 valence electrons. The zero-order chi connectivity index (χ0) is 20.1. The predicted molar refractivity (Wildman–Crippen MR) is 105 cm³/mol. The lowest BCUT2D eigenvalue weighted by molar-refractivity contribution is -0.142. The fraction of sp³-hybridized carbons (Fsp3) is 0.238. The topological polar surface area (TPSA) is 77.3 Å². The Morgan fingerprint density at radius 3 is 2.54 bits per heavy atom. The molecular weight excluding hydrogens is 356 g/mol. The first-order valence-corrected chi connectivity index (χ1v) is 9.01. The average Bonchev–Trinajstić information content (AvgIpc) is 3.22. The Balaban J connectivity index is 1.99. The van der Waals surface area contributed by atoms with Crippen LogP contribution in [0.2, 0.25) is 0 Å². The molecule has 3 aromatic rings. The van der Waals surface area contributed by atoms with Gasteiger partial charge >= 0.3 is 5.97 Å². The number of anilines is 1. The maximum Gasteiger partial charge on any atom is 0.328 e. The van der Waals surface area contributed by atoms with Gasteiger partial charge in [0, 0.05) is 5.69 Å². The van der Waals surface area contributed by atoms with Crippen LogP contribution < -0.4 is 4.90 Å². The van der Waals surface area contributed by atoms with Gasteiger partial charge in [-0.1, -0.05) is 42.5 Å². The quantitative estimate of drug-likeness (QED) is 0.616. The molecule has 1 unspecified atom stereocenters. The van der Waals surface area contributed by atoms with Crippen LogP contribution in [0.1, 0.15) is 29.4 Å². The van der Waals surface area contributed by atoms with E-state index in [1.807, 2.05) is 56.3 Å². The van der Waals surface area contributed by atoms with Crippen molar-refractivity contribution >= 4 is 17.6 Å². The minimum Gasteiger partial charge on any atom is -0.467 e. The summed E-state index contributed by atoms with van der Waals surface area (Å²) in [5.41, 5.74) is 2.61. The summed E-state index contributed by atoms with van der Waals surface area (Å²) in [6.45, 7) is 3.81. The van der Waals surface area contributed by atoms with Crippen molar-refractivity contribution in [2.24, 2.45) is 0 Å². The van der Waals surface area contributed by atoms with Crippen molar-refractivity contribution in [1.29, 1.82) is 0 Å². The highest BCUT2D eigenvalue weighted by Gasteiger charge is 2.32. The molecule has 1 aromatic heterocycles. The summed E-state index contributed by atoms with van der Waals surface area (Å²) in [5.74, 6) is -0.895. The highest BCUT2D eigenvalue weighted by Crippen LogP contribution is 2.22. The van der Waals surface area contributed by atoms with Crippen LogP contribution in [0, 0.1) is 6.92 Å². The van der Waals surface area contributed by atoms with Crippen LogP contribution in [0.25, 0.3) is 5.69 Å². The molecule has 1 amide bonds. The summed E-state index contributed by atoms with van der Waals surface area (Å²) in [6.07, 6.45) is 1.97. The molecule has 0 spiro atoms. The Bertz CT molecular complexity index is 969. The van der Waals surface area contributed by atoms with Crippen molar-refractivity contribution in [2.45, 2.75) is 26.3 Å². The minimum absolute atomic E-state index is 0.146. The number of hydrogen-bond donors (Lipinski definition) is 0. The lowest BCUT2D eigenvalue weighted by Gasteiger charge is -2.28. The Hall–Kier alpha value is -3.48. The van der Waals surface area contributed by atoms with Gasteiger partial charge in [0.15, 0.2) is 5.69 Å². The van der Waals surface area contributed by atoms with Crippen LogP contribution in [-0.4, -0.2) is 40.0 Å². The fourth-order valence-electron chi connectivity index (χ4n) is 3.00. The second-order valence-corrected chi connectivity index (χ2v) is 6.35. The largest absolute Gasteiger partial charge is 0.467 e. The number of ether oxygens (including phenoxy) is 1. The number of carbonyl (C=O) groups is 2. The van der Waals surface area contributed by atoms with E-state index in [1.54, 1.807) is 23.0 Å². The Morgan fingerprint density at radius 1 is 1.14 bits per heavy atom. The highest BCUT2D eigenvalue weighted by atomic mass is 16.5. The number of nitrogens with zero attached hydrogens (tertiary/aromatic N) is 4. The van der Waals surface area contributed by atoms with Crippen molar-refractivity contribution in [3.05, 3.63) is 72.1 Å². The normalized spacial score (nSPS) is 11.7. The first-order valence-electron chi connectivity index (χ1n) is 9.01. The SMILES string of the molecule is CCC(C(=O)OC)N(C(=O)c1cn(-c2cccc(C)c2)nn1)c1ccccc1. The molecule has 0 bridgehead atoms. The molecule has 7 heteroatoms. The van der Waals surface area contributed by atoms with E-state index in [4.69, 9.17) is 4.74 Å².